The molecule has 4 nitrogen and oxygen atoms in total. The molecule has 1 saturated carbocycles. The van der Waals surface area contributed by atoms with Gasteiger partial charge in [-0.25, -0.2) is 4.39 Å². The van der Waals surface area contributed by atoms with Crippen LogP contribution < -0.4 is 11.1 Å². The highest BCUT2D eigenvalue weighted by Crippen LogP contribution is 2.47. The molecule has 0 saturated heterocycles. The van der Waals surface area contributed by atoms with Gasteiger partial charge in [0.05, 0.1) is 0 Å². The Hall–Kier alpha value is -2.69. The van der Waals surface area contributed by atoms with Crippen LogP contribution in [0, 0.1) is 11.7 Å². The second-order valence-corrected chi connectivity index (χ2v) is 5.75. The minimum absolute atomic E-state index is 0.0694. The van der Waals surface area contributed by atoms with E-state index in [4.69, 9.17) is 5.73 Å². The molecule has 3 atom stereocenters. The van der Waals surface area contributed by atoms with Gasteiger partial charge in [0.25, 0.3) is 0 Å². The third kappa shape index (κ3) is 3.39. The number of primary amides is 1. The number of amides is 2. The van der Waals surface area contributed by atoms with Crippen LogP contribution in [0.2, 0.25) is 0 Å². The molecule has 2 aromatic carbocycles. The number of nitrogens with two attached hydrogens (primary N) is 1. The Labute approximate surface area is 133 Å². The molecule has 0 aromatic heterocycles. The molecule has 2 amide bonds. The molecular weight excluding hydrogens is 295 g/mol. The second-order valence-electron chi connectivity index (χ2n) is 5.75. The molecule has 0 bridgehead atoms. The molecule has 0 heterocycles. The topological polar surface area (TPSA) is 72.2 Å². The molecule has 23 heavy (non-hydrogen) atoms. The van der Waals surface area contributed by atoms with Crippen molar-refractivity contribution in [2.45, 2.75) is 18.4 Å². The summed E-state index contributed by atoms with van der Waals surface area (Å²) in [7, 11) is 0. The lowest BCUT2D eigenvalue weighted by atomic mass is 10.1. The monoisotopic (exact) mass is 312 g/mol. The van der Waals surface area contributed by atoms with Crippen LogP contribution in [0.1, 0.15) is 29.5 Å². The van der Waals surface area contributed by atoms with Crippen molar-refractivity contribution < 1.29 is 14.0 Å². The van der Waals surface area contributed by atoms with Gasteiger partial charge in [0.2, 0.25) is 11.8 Å². The molecule has 3 N–H and O–H groups in total. The molecule has 0 radical (unpaired) electrons. The number of carbonyl (C=O) groups excluding carboxylic acids is 2. The van der Waals surface area contributed by atoms with Crippen LogP contribution >= 0.6 is 0 Å². The van der Waals surface area contributed by atoms with Crippen molar-refractivity contribution in [1.29, 1.82) is 0 Å². The zero-order valence-electron chi connectivity index (χ0n) is 12.4. The van der Waals surface area contributed by atoms with Crippen molar-refractivity contribution in [3.05, 3.63) is 71.5 Å². The highest BCUT2D eigenvalue weighted by Gasteiger charge is 2.44. The summed E-state index contributed by atoms with van der Waals surface area (Å²) in [5, 5.41) is 2.72. The number of benzene rings is 2. The largest absolute Gasteiger partial charge is 0.368 e. The number of halogens is 1. The van der Waals surface area contributed by atoms with E-state index in [1.807, 2.05) is 6.07 Å². The van der Waals surface area contributed by atoms with Gasteiger partial charge in [-0.3, -0.25) is 9.59 Å². The van der Waals surface area contributed by atoms with Crippen molar-refractivity contribution in [3.63, 3.8) is 0 Å². The Morgan fingerprint density at radius 1 is 1.09 bits per heavy atom. The summed E-state index contributed by atoms with van der Waals surface area (Å²) in [6.45, 7) is 0. The van der Waals surface area contributed by atoms with E-state index in [-0.39, 0.29) is 23.6 Å². The zero-order valence-corrected chi connectivity index (χ0v) is 12.4. The summed E-state index contributed by atoms with van der Waals surface area (Å²) in [4.78, 5) is 24.0. The fraction of sp³-hybridized carbons (Fsp3) is 0.222. The number of carbonyl (C=O) groups is 2. The maximum absolute atomic E-state index is 12.9. The lowest BCUT2D eigenvalue weighted by molar-refractivity contribution is -0.128. The number of hydrogen-bond acceptors (Lipinski definition) is 2. The molecule has 0 spiro atoms. The number of nitrogens with one attached hydrogen (secondary N) is 1. The highest BCUT2D eigenvalue weighted by atomic mass is 19.1. The first-order valence-corrected chi connectivity index (χ1v) is 7.46. The summed E-state index contributed by atoms with van der Waals surface area (Å²) in [6.07, 6.45) is 0.692. The number of rotatable bonds is 5. The van der Waals surface area contributed by atoms with Crippen LogP contribution in [-0.4, -0.2) is 11.8 Å². The van der Waals surface area contributed by atoms with Crippen molar-refractivity contribution >= 4 is 11.8 Å². The smallest absolute Gasteiger partial charge is 0.244 e. The third-order valence-electron chi connectivity index (χ3n) is 4.13. The van der Waals surface area contributed by atoms with E-state index in [0.717, 1.165) is 5.56 Å². The average Bonchev–Trinajstić information content (AvgIpc) is 3.34. The fourth-order valence-electron chi connectivity index (χ4n) is 2.78. The van der Waals surface area contributed by atoms with Crippen molar-refractivity contribution in [1.82, 2.24) is 5.32 Å². The SMILES string of the molecule is NC(=O)[C@H](NC(=O)[C@H]1C[C@H]1c1ccc(F)cc1)c1ccccc1. The first-order chi connectivity index (χ1) is 11.1. The first-order valence-electron chi connectivity index (χ1n) is 7.46. The molecular formula is C18H17FN2O2. The van der Waals surface area contributed by atoms with Gasteiger partial charge in [-0.15, -0.1) is 0 Å². The highest BCUT2D eigenvalue weighted by molar-refractivity contribution is 5.90. The van der Waals surface area contributed by atoms with E-state index in [1.165, 1.54) is 12.1 Å². The van der Waals surface area contributed by atoms with E-state index < -0.39 is 11.9 Å². The molecule has 1 aliphatic carbocycles. The summed E-state index contributed by atoms with van der Waals surface area (Å²) in [5.41, 5.74) is 7.00. The van der Waals surface area contributed by atoms with Crippen LogP contribution in [-0.2, 0) is 9.59 Å². The average molecular weight is 312 g/mol. The summed E-state index contributed by atoms with van der Waals surface area (Å²) in [5.74, 6) is -1.23. The summed E-state index contributed by atoms with van der Waals surface area (Å²) < 4.78 is 12.9. The molecule has 1 fully saturated rings. The van der Waals surface area contributed by atoms with E-state index >= 15 is 0 Å². The Morgan fingerprint density at radius 3 is 2.35 bits per heavy atom. The van der Waals surface area contributed by atoms with Gasteiger partial charge in [-0.2, -0.15) is 0 Å². The molecule has 5 heteroatoms. The van der Waals surface area contributed by atoms with Gasteiger partial charge < -0.3 is 11.1 Å². The predicted octanol–water partition coefficient (Wildman–Crippen LogP) is 2.27. The molecule has 1 aliphatic rings. The Bertz CT molecular complexity index is 716. The lowest BCUT2D eigenvalue weighted by Gasteiger charge is -2.16. The van der Waals surface area contributed by atoms with Gasteiger partial charge in [-0.05, 0) is 35.6 Å². The Balaban J connectivity index is 1.67. The minimum Gasteiger partial charge on any atom is -0.368 e. The predicted molar refractivity (Wildman–Crippen MR) is 83.8 cm³/mol. The summed E-state index contributed by atoms with van der Waals surface area (Å²) in [6, 6.07) is 14.2. The summed E-state index contributed by atoms with van der Waals surface area (Å²) >= 11 is 0. The maximum Gasteiger partial charge on any atom is 0.244 e. The zero-order chi connectivity index (χ0) is 16.4. The quantitative estimate of drug-likeness (QED) is 0.889. The number of hydrogen-bond donors (Lipinski definition) is 2. The molecule has 0 aliphatic heterocycles. The normalized spacial score (nSPS) is 20.6. The van der Waals surface area contributed by atoms with Gasteiger partial charge in [0, 0.05) is 5.92 Å². The van der Waals surface area contributed by atoms with Gasteiger partial charge in [-0.1, -0.05) is 42.5 Å². The van der Waals surface area contributed by atoms with Crippen LogP contribution in [0.25, 0.3) is 0 Å². The lowest BCUT2D eigenvalue weighted by Crippen LogP contribution is -2.38. The first kappa shape index (κ1) is 15.2. The fourth-order valence-corrected chi connectivity index (χ4v) is 2.78. The van der Waals surface area contributed by atoms with Gasteiger partial charge >= 0.3 is 0 Å². The second kappa shape index (κ2) is 6.20. The van der Waals surface area contributed by atoms with Crippen molar-refractivity contribution in [2.75, 3.05) is 0 Å². The third-order valence-corrected chi connectivity index (χ3v) is 4.13. The Kier molecular flexibility index (Phi) is 4.10. The maximum atomic E-state index is 12.9. The van der Waals surface area contributed by atoms with E-state index in [1.54, 1.807) is 36.4 Å². The molecule has 2 aromatic rings. The molecule has 0 unspecified atom stereocenters. The van der Waals surface area contributed by atoms with Crippen molar-refractivity contribution in [2.24, 2.45) is 11.7 Å². The van der Waals surface area contributed by atoms with Crippen molar-refractivity contribution in [3.8, 4) is 0 Å². The van der Waals surface area contributed by atoms with E-state index in [9.17, 15) is 14.0 Å². The standard InChI is InChI=1S/C18H17FN2O2/c19-13-8-6-11(7-9-13)14-10-15(14)18(23)21-16(17(20)22)12-4-2-1-3-5-12/h1-9,14-16H,10H2,(H2,20,22)(H,21,23)/t14-,15-,16+/m0/s1. The molecule has 118 valence electrons. The van der Waals surface area contributed by atoms with Gasteiger partial charge in [0.15, 0.2) is 0 Å². The van der Waals surface area contributed by atoms with Crippen LogP contribution in [0.3, 0.4) is 0 Å². The Morgan fingerprint density at radius 2 is 1.74 bits per heavy atom. The van der Waals surface area contributed by atoms with Gasteiger partial charge in [0.1, 0.15) is 11.9 Å². The van der Waals surface area contributed by atoms with E-state index in [0.29, 0.717) is 12.0 Å². The van der Waals surface area contributed by atoms with Crippen LogP contribution in [0.15, 0.2) is 54.6 Å². The minimum atomic E-state index is -0.835. The van der Waals surface area contributed by atoms with Crippen LogP contribution in [0.4, 0.5) is 4.39 Å². The molecule has 3 rings (SSSR count). The van der Waals surface area contributed by atoms with Crippen LogP contribution in [0.5, 0.6) is 0 Å². The van der Waals surface area contributed by atoms with E-state index in [2.05, 4.69) is 5.32 Å².